The molecular weight excluding hydrogens is 292 g/mol. The van der Waals surface area contributed by atoms with Crippen molar-refractivity contribution in [2.45, 2.75) is 0 Å². The van der Waals surface area contributed by atoms with E-state index in [2.05, 4.69) is 10.6 Å². The highest BCUT2D eigenvalue weighted by atomic mass is 32.1. The molecule has 0 aromatic heterocycles. The zero-order valence-electron chi connectivity index (χ0n) is 11.6. The number of anilines is 1. The molecule has 3 N–H and O–H groups in total. The lowest BCUT2D eigenvalue weighted by Crippen LogP contribution is -3.14. The Morgan fingerprint density at radius 3 is 2.90 bits per heavy atom. The zero-order valence-corrected chi connectivity index (χ0v) is 12.4. The molecule has 21 heavy (non-hydrogen) atoms. The standard InChI is InChI=1S/C13H18N4O3S/c18-17(19)12-3-1-2-11(10-12)15-13(21)14-4-5-16-6-8-20-9-7-16/h1-3,10H,4-9H2,(H2,14,15,21)/p+1. The van der Waals surface area contributed by atoms with Crippen LogP contribution in [0.3, 0.4) is 0 Å². The number of hydrogen-bond donors (Lipinski definition) is 3. The molecule has 1 heterocycles. The van der Waals surface area contributed by atoms with Gasteiger partial charge in [0.15, 0.2) is 5.11 Å². The zero-order chi connectivity index (χ0) is 15.1. The first-order valence-corrected chi connectivity index (χ1v) is 7.26. The summed E-state index contributed by atoms with van der Waals surface area (Å²) >= 11 is 5.19. The van der Waals surface area contributed by atoms with Crippen molar-refractivity contribution in [3.05, 3.63) is 34.4 Å². The minimum absolute atomic E-state index is 0.0422. The Bertz CT molecular complexity index is 506. The summed E-state index contributed by atoms with van der Waals surface area (Å²) in [5.74, 6) is 0. The maximum Gasteiger partial charge on any atom is 0.271 e. The van der Waals surface area contributed by atoms with Crippen LogP contribution in [0.5, 0.6) is 0 Å². The molecule has 0 bridgehead atoms. The molecule has 1 aromatic carbocycles. The molecule has 0 radical (unpaired) electrons. The van der Waals surface area contributed by atoms with Crippen molar-refractivity contribution >= 4 is 28.7 Å². The molecule has 0 spiro atoms. The quantitative estimate of drug-likeness (QED) is 0.397. The Morgan fingerprint density at radius 1 is 1.43 bits per heavy atom. The highest BCUT2D eigenvalue weighted by Crippen LogP contribution is 2.16. The van der Waals surface area contributed by atoms with E-state index in [1.165, 1.54) is 17.0 Å². The van der Waals surface area contributed by atoms with Crippen molar-refractivity contribution < 1.29 is 14.6 Å². The smallest absolute Gasteiger partial charge is 0.271 e. The van der Waals surface area contributed by atoms with Gasteiger partial charge in [-0.25, -0.2) is 0 Å². The molecule has 1 saturated heterocycles. The molecule has 7 nitrogen and oxygen atoms in total. The lowest BCUT2D eigenvalue weighted by atomic mass is 10.3. The molecule has 1 aliphatic heterocycles. The lowest BCUT2D eigenvalue weighted by Gasteiger charge is -2.24. The van der Waals surface area contributed by atoms with Crippen LogP contribution < -0.4 is 15.5 Å². The number of nitro benzene ring substituents is 1. The van der Waals surface area contributed by atoms with Gasteiger partial charge >= 0.3 is 0 Å². The Kier molecular flexibility index (Phi) is 5.85. The van der Waals surface area contributed by atoms with Crippen LogP contribution in [0.25, 0.3) is 0 Å². The monoisotopic (exact) mass is 311 g/mol. The number of nitro groups is 1. The van der Waals surface area contributed by atoms with Gasteiger partial charge in [-0.05, 0) is 18.3 Å². The molecular formula is C13H19N4O3S+. The lowest BCUT2D eigenvalue weighted by molar-refractivity contribution is -0.906. The summed E-state index contributed by atoms with van der Waals surface area (Å²) in [5, 5.41) is 17.3. The average Bonchev–Trinajstić information content (AvgIpc) is 2.48. The number of rotatable bonds is 5. The predicted molar refractivity (Wildman–Crippen MR) is 83.7 cm³/mol. The van der Waals surface area contributed by atoms with Crippen LogP contribution in [0.15, 0.2) is 24.3 Å². The first-order chi connectivity index (χ1) is 10.1. The number of nitrogens with one attached hydrogen (secondary N) is 3. The number of morpholine rings is 1. The molecule has 1 fully saturated rings. The van der Waals surface area contributed by atoms with Gasteiger partial charge in [0.1, 0.15) is 13.1 Å². The van der Waals surface area contributed by atoms with Gasteiger partial charge in [-0.1, -0.05) is 6.07 Å². The molecule has 0 atom stereocenters. The van der Waals surface area contributed by atoms with Crippen molar-refractivity contribution in [3.8, 4) is 0 Å². The van der Waals surface area contributed by atoms with E-state index in [4.69, 9.17) is 17.0 Å². The van der Waals surface area contributed by atoms with Crippen LogP contribution in [0, 0.1) is 10.1 Å². The first kappa shape index (κ1) is 15.6. The number of nitrogens with zero attached hydrogens (tertiary/aromatic N) is 1. The second-order valence-corrected chi connectivity index (χ2v) is 5.21. The fraction of sp³-hybridized carbons (Fsp3) is 0.462. The van der Waals surface area contributed by atoms with Gasteiger partial charge in [0.25, 0.3) is 5.69 Å². The molecule has 0 unspecified atom stereocenters. The third-order valence-corrected chi connectivity index (χ3v) is 3.53. The van der Waals surface area contributed by atoms with Crippen molar-refractivity contribution in [1.82, 2.24) is 5.32 Å². The number of ether oxygens (including phenoxy) is 1. The number of non-ortho nitro benzene ring substituents is 1. The first-order valence-electron chi connectivity index (χ1n) is 6.86. The number of quaternary nitrogens is 1. The number of hydrogen-bond acceptors (Lipinski definition) is 4. The summed E-state index contributed by atoms with van der Waals surface area (Å²) in [7, 11) is 0. The maximum absolute atomic E-state index is 10.7. The normalized spacial score (nSPS) is 15.4. The van der Waals surface area contributed by atoms with Gasteiger partial charge in [0.2, 0.25) is 0 Å². The van der Waals surface area contributed by atoms with Crippen LogP contribution in [0.2, 0.25) is 0 Å². The topological polar surface area (TPSA) is 80.9 Å². The Labute approximate surface area is 128 Å². The fourth-order valence-corrected chi connectivity index (χ4v) is 2.36. The van der Waals surface area contributed by atoms with Gasteiger partial charge in [-0.15, -0.1) is 0 Å². The minimum Gasteiger partial charge on any atom is -0.370 e. The summed E-state index contributed by atoms with van der Waals surface area (Å²) in [4.78, 5) is 11.8. The van der Waals surface area contributed by atoms with E-state index in [1.807, 2.05) is 0 Å². The molecule has 0 aliphatic carbocycles. The third-order valence-electron chi connectivity index (χ3n) is 3.28. The van der Waals surface area contributed by atoms with Gasteiger partial charge in [-0.2, -0.15) is 0 Å². The van der Waals surface area contributed by atoms with E-state index in [0.29, 0.717) is 10.8 Å². The molecule has 2 rings (SSSR count). The largest absolute Gasteiger partial charge is 0.370 e. The van der Waals surface area contributed by atoms with Crippen molar-refractivity contribution in [2.24, 2.45) is 0 Å². The SMILES string of the molecule is O=[N+]([O-])c1cccc(NC(=S)NCC[NH+]2CCOCC2)c1. The summed E-state index contributed by atoms with van der Waals surface area (Å²) in [6.07, 6.45) is 0. The van der Waals surface area contributed by atoms with E-state index < -0.39 is 4.92 Å². The van der Waals surface area contributed by atoms with Crippen LogP contribution >= 0.6 is 12.2 Å². The highest BCUT2D eigenvalue weighted by molar-refractivity contribution is 7.80. The Balaban J connectivity index is 1.73. The van der Waals surface area contributed by atoms with E-state index in [0.717, 1.165) is 39.4 Å². The van der Waals surface area contributed by atoms with Crippen LogP contribution in [-0.2, 0) is 4.74 Å². The van der Waals surface area contributed by atoms with Crippen molar-refractivity contribution in [3.63, 3.8) is 0 Å². The second-order valence-electron chi connectivity index (χ2n) is 4.80. The highest BCUT2D eigenvalue weighted by Gasteiger charge is 2.13. The minimum atomic E-state index is -0.427. The predicted octanol–water partition coefficient (Wildman–Crippen LogP) is -0.204. The molecule has 1 aliphatic rings. The van der Waals surface area contributed by atoms with E-state index >= 15 is 0 Å². The molecule has 0 amide bonds. The van der Waals surface area contributed by atoms with Gasteiger partial charge in [0, 0.05) is 17.8 Å². The average molecular weight is 311 g/mol. The molecule has 1 aromatic rings. The molecule has 114 valence electrons. The van der Waals surface area contributed by atoms with Crippen molar-refractivity contribution in [2.75, 3.05) is 44.7 Å². The summed E-state index contributed by atoms with van der Waals surface area (Å²) in [5.41, 5.74) is 0.654. The number of thiocarbonyl (C=S) groups is 1. The summed E-state index contributed by atoms with van der Waals surface area (Å²) in [6, 6.07) is 6.28. The van der Waals surface area contributed by atoms with Crippen molar-refractivity contribution in [1.29, 1.82) is 0 Å². The third kappa shape index (κ3) is 5.25. The summed E-state index contributed by atoms with van der Waals surface area (Å²) < 4.78 is 5.30. The van der Waals surface area contributed by atoms with Gasteiger partial charge < -0.3 is 20.3 Å². The fourth-order valence-electron chi connectivity index (χ4n) is 2.14. The maximum atomic E-state index is 10.7. The Morgan fingerprint density at radius 2 is 2.19 bits per heavy atom. The summed E-state index contributed by atoms with van der Waals surface area (Å²) in [6.45, 7) is 5.40. The van der Waals surface area contributed by atoms with Gasteiger partial charge in [-0.3, -0.25) is 10.1 Å². The Hall–Kier alpha value is -1.77. The van der Waals surface area contributed by atoms with E-state index in [-0.39, 0.29) is 5.69 Å². The van der Waals surface area contributed by atoms with Crippen LogP contribution in [0.4, 0.5) is 11.4 Å². The van der Waals surface area contributed by atoms with Crippen LogP contribution in [-0.4, -0.2) is 49.4 Å². The van der Waals surface area contributed by atoms with Gasteiger partial charge in [0.05, 0.1) is 31.2 Å². The van der Waals surface area contributed by atoms with Crippen LogP contribution in [0.1, 0.15) is 0 Å². The van der Waals surface area contributed by atoms with E-state index in [1.54, 1.807) is 12.1 Å². The second kappa shape index (κ2) is 7.87. The van der Waals surface area contributed by atoms with E-state index in [9.17, 15) is 10.1 Å². The molecule has 0 saturated carbocycles. The number of benzene rings is 1. The molecule has 8 heteroatoms.